The number of anilines is 1. The van der Waals surface area contributed by atoms with Gasteiger partial charge >= 0.3 is 0 Å². The van der Waals surface area contributed by atoms with Crippen LogP contribution >= 0.6 is 23.2 Å². The number of sulfonamides is 1. The van der Waals surface area contributed by atoms with Crippen LogP contribution in [0.1, 0.15) is 5.56 Å². The maximum absolute atomic E-state index is 13.4. The van der Waals surface area contributed by atoms with Crippen LogP contribution in [0.5, 0.6) is 0 Å². The summed E-state index contributed by atoms with van der Waals surface area (Å²) in [6.45, 7) is -0.798. The molecule has 0 aliphatic carbocycles. The molecule has 0 atom stereocenters. The summed E-state index contributed by atoms with van der Waals surface area (Å²) in [5.74, 6) is -2.95. The second-order valence-electron chi connectivity index (χ2n) is 6.50. The van der Waals surface area contributed by atoms with Crippen molar-refractivity contribution in [1.82, 2.24) is 4.31 Å². The lowest BCUT2D eigenvalue weighted by atomic mass is 10.2. The van der Waals surface area contributed by atoms with E-state index in [1.807, 2.05) is 0 Å². The second kappa shape index (κ2) is 9.74. The topological polar surface area (TPSA) is 66.5 Å². The minimum Gasteiger partial charge on any atom is -0.325 e. The number of rotatable bonds is 7. The molecular weight excluding hydrogens is 469 g/mol. The molecule has 1 N–H and O–H groups in total. The van der Waals surface area contributed by atoms with Crippen molar-refractivity contribution in [1.29, 1.82) is 0 Å². The summed E-state index contributed by atoms with van der Waals surface area (Å²) in [6, 6.07) is 15.0. The predicted molar refractivity (Wildman–Crippen MR) is 115 cm³/mol. The lowest BCUT2D eigenvalue weighted by Crippen LogP contribution is -2.37. The van der Waals surface area contributed by atoms with Gasteiger partial charge in [-0.15, -0.1) is 0 Å². The Morgan fingerprint density at radius 2 is 1.65 bits per heavy atom. The van der Waals surface area contributed by atoms with Gasteiger partial charge in [-0.3, -0.25) is 4.79 Å². The standard InChI is InChI=1S/C21H16Cl2F2N2O3S/c22-15-7-6-14(18(23)10-15)12-27(31(29,30)17-4-2-1-3-5-17)13-21(28)26-16-8-9-19(24)20(25)11-16/h1-11H,12-13H2,(H,26,28). The Bertz CT molecular complexity index is 1210. The van der Waals surface area contributed by atoms with Crippen molar-refractivity contribution in [2.24, 2.45) is 0 Å². The highest BCUT2D eigenvalue weighted by Crippen LogP contribution is 2.25. The first-order valence-corrected chi connectivity index (χ1v) is 11.1. The number of amides is 1. The largest absolute Gasteiger partial charge is 0.325 e. The van der Waals surface area contributed by atoms with E-state index in [0.29, 0.717) is 10.6 Å². The van der Waals surface area contributed by atoms with Gasteiger partial charge in [0.25, 0.3) is 0 Å². The Labute approximate surface area is 188 Å². The number of hydrogen-bond acceptors (Lipinski definition) is 3. The summed E-state index contributed by atoms with van der Waals surface area (Å²) in [6.07, 6.45) is 0. The van der Waals surface area contributed by atoms with Crippen molar-refractivity contribution in [3.05, 3.63) is 94.0 Å². The van der Waals surface area contributed by atoms with Crippen LogP contribution in [-0.2, 0) is 21.4 Å². The van der Waals surface area contributed by atoms with Crippen molar-refractivity contribution in [3.8, 4) is 0 Å². The van der Waals surface area contributed by atoms with E-state index >= 15 is 0 Å². The first-order valence-electron chi connectivity index (χ1n) is 8.91. The van der Waals surface area contributed by atoms with Crippen molar-refractivity contribution in [2.75, 3.05) is 11.9 Å². The Kier molecular flexibility index (Phi) is 7.27. The lowest BCUT2D eigenvalue weighted by molar-refractivity contribution is -0.116. The first kappa shape index (κ1) is 23.1. The van der Waals surface area contributed by atoms with Crippen LogP contribution in [0.3, 0.4) is 0 Å². The average molecular weight is 485 g/mol. The molecule has 0 radical (unpaired) electrons. The lowest BCUT2D eigenvalue weighted by Gasteiger charge is -2.22. The molecule has 3 aromatic rings. The number of halogens is 4. The van der Waals surface area contributed by atoms with Crippen LogP contribution in [-0.4, -0.2) is 25.2 Å². The molecule has 10 heteroatoms. The molecular formula is C21H16Cl2F2N2O3S. The number of nitrogens with one attached hydrogen (secondary N) is 1. The third kappa shape index (κ3) is 5.80. The molecule has 0 bridgehead atoms. The minimum absolute atomic E-state index is 0.00881. The number of carbonyl (C=O) groups excluding carboxylic acids is 1. The maximum Gasteiger partial charge on any atom is 0.243 e. The van der Waals surface area contributed by atoms with E-state index in [9.17, 15) is 22.0 Å². The first-order chi connectivity index (χ1) is 14.7. The minimum atomic E-state index is -4.08. The number of nitrogens with zero attached hydrogens (tertiary/aromatic N) is 1. The second-order valence-corrected chi connectivity index (χ2v) is 9.28. The SMILES string of the molecule is O=C(CN(Cc1ccc(Cl)cc1Cl)S(=O)(=O)c1ccccc1)Nc1ccc(F)c(F)c1. The smallest absolute Gasteiger partial charge is 0.243 e. The van der Waals surface area contributed by atoms with Gasteiger partial charge in [-0.25, -0.2) is 17.2 Å². The van der Waals surface area contributed by atoms with Gasteiger partial charge in [0.15, 0.2) is 11.6 Å². The molecule has 0 aliphatic rings. The summed E-state index contributed by atoms with van der Waals surface area (Å²) in [7, 11) is -4.08. The van der Waals surface area contributed by atoms with E-state index < -0.39 is 34.1 Å². The van der Waals surface area contributed by atoms with Gasteiger partial charge in [-0.05, 0) is 42.0 Å². The van der Waals surface area contributed by atoms with Crippen LogP contribution in [0.4, 0.5) is 14.5 Å². The van der Waals surface area contributed by atoms with Gasteiger partial charge in [0.05, 0.1) is 11.4 Å². The zero-order valence-electron chi connectivity index (χ0n) is 15.9. The van der Waals surface area contributed by atoms with Crippen LogP contribution in [0, 0.1) is 11.6 Å². The molecule has 1 amide bonds. The monoisotopic (exact) mass is 484 g/mol. The fourth-order valence-electron chi connectivity index (χ4n) is 2.74. The molecule has 0 fully saturated rings. The molecule has 5 nitrogen and oxygen atoms in total. The quantitative estimate of drug-likeness (QED) is 0.507. The zero-order chi connectivity index (χ0) is 22.6. The molecule has 0 aromatic heterocycles. The molecule has 0 heterocycles. The van der Waals surface area contributed by atoms with Crippen molar-refractivity contribution in [3.63, 3.8) is 0 Å². The van der Waals surface area contributed by atoms with Crippen molar-refractivity contribution >= 4 is 44.8 Å². The van der Waals surface area contributed by atoms with E-state index in [1.54, 1.807) is 30.3 Å². The molecule has 31 heavy (non-hydrogen) atoms. The molecule has 0 saturated heterocycles. The normalized spacial score (nSPS) is 11.5. The van der Waals surface area contributed by atoms with Gasteiger partial charge < -0.3 is 5.32 Å². The van der Waals surface area contributed by atoms with Crippen LogP contribution in [0.15, 0.2) is 71.6 Å². The summed E-state index contributed by atoms with van der Waals surface area (Å²) in [5.41, 5.74) is 0.427. The predicted octanol–water partition coefficient (Wildman–Crippen LogP) is 5.10. The van der Waals surface area contributed by atoms with Gasteiger partial charge in [0.1, 0.15) is 0 Å². The van der Waals surface area contributed by atoms with Gasteiger partial charge in [-0.2, -0.15) is 4.31 Å². The average Bonchev–Trinajstić information content (AvgIpc) is 2.72. The number of carbonyl (C=O) groups is 1. The fourth-order valence-corrected chi connectivity index (χ4v) is 4.61. The number of hydrogen-bond donors (Lipinski definition) is 1. The Morgan fingerprint density at radius 1 is 0.935 bits per heavy atom. The third-order valence-electron chi connectivity index (χ3n) is 4.27. The Balaban J connectivity index is 1.89. The van der Waals surface area contributed by atoms with E-state index in [1.165, 1.54) is 24.3 Å². The van der Waals surface area contributed by atoms with E-state index in [2.05, 4.69) is 5.32 Å². The summed E-state index contributed by atoms with van der Waals surface area (Å²) in [5, 5.41) is 2.98. The summed E-state index contributed by atoms with van der Waals surface area (Å²) >= 11 is 12.1. The molecule has 3 rings (SSSR count). The van der Waals surface area contributed by atoms with Gasteiger partial charge in [-0.1, -0.05) is 47.5 Å². The van der Waals surface area contributed by atoms with Crippen LogP contribution < -0.4 is 5.32 Å². The fraction of sp³-hybridized carbons (Fsp3) is 0.0952. The third-order valence-corrected chi connectivity index (χ3v) is 6.66. The summed E-state index contributed by atoms with van der Waals surface area (Å²) in [4.78, 5) is 12.5. The van der Waals surface area contributed by atoms with E-state index in [0.717, 1.165) is 16.4 Å². The molecule has 0 saturated carbocycles. The van der Waals surface area contributed by atoms with Crippen molar-refractivity contribution < 1.29 is 22.0 Å². The van der Waals surface area contributed by atoms with Gasteiger partial charge in [0, 0.05) is 28.3 Å². The van der Waals surface area contributed by atoms with Gasteiger partial charge in [0.2, 0.25) is 15.9 Å². The van der Waals surface area contributed by atoms with Crippen molar-refractivity contribution in [2.45, 2.75) is 11.4 Å². The summed E-state index contributed by atoms with van der Waals surface area (Å²) < 4.78 is 53.8. The molecule has 0 aliphatic heterocycles. The molecule has 3 aromatic carbocycles. The molecule has 162 valence electrons. The zero-order valence-corrected chi connectivity index (χ0v) is 18.2. The maximum atomic E-state index is 13.4. The van der Waals surface area contributed by atoms with Crippen LogP contribution in [0.2, 0.25) is 10.0 Å². The highest BCUT2D eigenvalue weighted by Gasteiger charge is 2.27. The van der Waals surface area contributed by atoms with E-state index in [-0.39, 0.29) is 22.2 Å². The highest BCUT2D eigenvalue weighted by atomic mass is 35.5. The number of benzene rings is 3. The highest BCUT2D eigenvalue weighted by molar-refractivity contribution is 7.89. The van der Waals surface area contributed by atoms with Crippen LogP contribution in [0.25, 0.3) is 0 Å². The Hall–Kier alpha value is -2.52. The van der Waals surface area contributed by atoms with E-state index in [4.69, 9.17) is 23.2 Å². The molecule has 0 spiro atoms. The Morgan fingerprint density at radius 3 is 2.29 bits per heavy atom. The molecule has 0 unspecified atom stereocenters.